The van der Waals surface area contributed by atoms with Crippen LogP contribution in [0.25, 0.3) is 22.2 Å². The average Bonchev–Trinajstić information content (AvgIpc) is 2.72. The number of benzene rings is 1. The van der Waals surface area contributed by atoms with E-state index in [9.17, 15) is 18.0 Å². The third-order valence-corrected chi connectivity index (χ3v) is 5.09. The van der Waals surface area contributed by atoms with Crippen LogP contribution in [0.2, 0.25) is 0 Å². The first-order valence-corrected chi connectivity index (χ1v) is 9.09. The third-order valence-electron chi connectivity index (χ3n) is 5.09. The van der Waals surface area contributed by atoms with Gasteiger partial charge >= 0.3 is 6.18 Å². The molecule has 1 atom stereocenters. The van der Waals surface area contributed by atoms with Gasteiger partial charge in [-0.2, -0.15) is 13.2 Å². The summed E-state index contributed by atoms with van der Waals surface area (Å²) >= 11 is 0. The molecule has 1 amide bonds. The van der Waals surface area contributed by atoms with Crippen LogP contribution < -0.4 is 0 Å². The van der Waals surface area contributed by atoms with Crippen molar-refractivity contribution in [2.24, 2.45) is 5.92 Å². The molecule has 28 heavy (non-hydrogen) atoms. The summed E-state index contributed by atoms with van der Waals surface area (Å²) < 4.78 is 39.5. The molecule has 144 valence electrons. The molecule has 0 unspecified atom stereocenters. The van der Waals surface area contributed by atoms with Crippen LogP contribution in [0.3, 0.4) is 0 Å². The van der Waals surface area contributed by atoms with E-state index in [-0.39, 0.29) is 18.9 Å². The van der Waals surface area contributed by atoms with Crippen LogP contribution in [-0.4, -0.2) is 40.0 Å². The van der Waals surface area contributed by atoms with Gasteiger partial charge in [0.05, 0.1) is 22.7 Å². The first kappa shape index (κ1) is 18.4. The number of para-hydroxylation sites is 1. The Morgan fingerprint density at radius 2 is 1.86 bits per heavy atom. The monoisotopic (exact) mass is 385 g/mol. The minimum Gasteiger partial charge on any atom is -0.338 e. The molecule has 2 aromatic heterocycles. The molecule has 0 aliphatic carbocycles. The lowest BCUT2D eigenvalue weighted by molar-refractivity contribution is -0.184. The Bertz CT molecular complexity index is 1000. The van der Waals surface area contributed by atoms with Crippen molar-refractivity contribution >= 4 is 16.8 Å². The topological polar surface area (TPSA) is 46.1 Å². The summed E-state index contributed by atoms with van der Waals surface area (Å²) in [5.74, 6) is -1.86. The zero-order valence-corrected chi connectivity index (χ0v) is 15.0. The van der Waals surface area contributed by atoms with E-state index in [2.05, 4.69) is 9.97 Å². The van der Waals surface area contributed by atoms with Gasteiger partial charge in [0.25, 0.3) is 5.91 Å². The van der Waals surface area contributed by atoms with Crippen molar-refractivity contribution in [2.75, 3.05) is 13.1 Å². The highest BCUT2D eigenvalue weighted by Crippen LogP contribution is 2.34. The van der Waals surface area contributed by atoms with Gasteiger partial charge in [0, 0.05) is 36.4 Å². The lowest BCUT2D eigenvalue weighted by Gasteiger charge is -2.34. The lowest BCUT2D eigenvalue weighted by Crippen LogP contribution is -2.44. The molecule has 0 N–H and O–H groups in total. The number of nitrogens with zero attached hydrogens (tertiary/aromatic N) is 3. The van der Waals surface area contributed by atoms with Crippen LogP contribution in [0, 0.1) is 5.92 Å². The highest BCUT2D eigenvalue weighted by atomic mass is 19.4. The number of likely N-dealkylation sites (tertiary alicyclic amines) is 1. The largest absolute Gasteiger partial charge is 0.393 e. The number of carbonyl (C=O) groups is 1. The van der Waals surface area contributed by atoms with E-state index in [1.165, 1.54) is 4.90 Å². The molecule has 1 saturated heterocycles. The second-order valence-electron chi connectivity index (χ2n) is 6.94. The number of halogens is 3. The van der Waals surface area contributed by atoms with Crippen molar-refractivity contribution in [1.29, 1.82) is 0 Å². The van der Waals surface area contributed by atoms with Crippen molar-refractivity contribution in [3.63, 3.8) is 0 Å². The number of hydrogen-bond donors (Lipinski definition) is 0. The maximum atomic E-state index is 13.2. The van der Waals surface area contributed by atoms with E-state index in [4.69, 9.17) is 0 Å². The van der Waals surface area contributed by atoms with Crippen LogP contribution >= 0.6 is 0 Å². The molecule has 4 nitrogen and oxygen atoms in total. The van der Waals surface area contributed by atoms with Crippen LogP contribution in [0.15, 0.2) is 54.9 Å². The summed E-state index contributed by atoms with van der Waals surface area (Å²) in [4.78, 5) is 23.1. The maximum Gasteiger partial charge on any atom is 0.393 e. The molecule has 0 spiro atoms. The Balaban J connectivity index is 1.76. The van der Waals surface area contributed by atoms with Crippen molar-refractivity contribution in [3.8, 4) is 11.3 Å². The van der Waals surface area contributed by atoms with Gasteiger partial charge in [0.15, 0.2) is 0 Å². The number of aromatic nitrogens is 2. The van der Waals surface area contributed by atoms with Crippen molar-refractivity contribution in [1.82, 2.24) is 14.9 Å². The third kappa shape index (κ3) is 3.56. The van der Waals surface area contributed by atoms with E-state index < -0.39 is 12.1 Å². The summed E-state index contributed by atoms with van der Waals surface area (Å²) in [7, 11) is 0. The fraction of sp³-hybridized carbons (Fsp3) is 0.286. The second-order valence-corrected chi connectivity index (χ2v) is 6.94. The van der Waals surface area contributed by atoms with Crippen molar-refractivity contribution < 1.29 is 18.0 Å². The second kappa shape index (κ2) is 7.22. The SMILES string of the molecule is O=C(c1cc(-c2ccncc2)nc2ccccc12)N1CCC[C@@H](C(F)(F)F)C1. The number of carbonyl (C=O) groups excluding carboxylic acids is 1. The normalized spacial score (nSPS) is 17.7. The van der Waals surface area contributed by atoms with Gasteiger partial charge in [-0.25, -0.2) is 4.98 Å². The molecular weight excluding hydrogens is 367 g/mol. The van der Waals surface area contributed by atoms with Crippen molar-refractivity contribution in [3.05, 3.63) is 60.4 Å². The maximum absolute atomic E-state index is 13.2. The van der Waals surface area contributed by atoms with Crippen LogP contribution in [0.1, 0.15) is 23.2 Å². The lowest BCUT2D eigenvalue weighted by atomic mass is 9.96. The van der Waals surface area contributed by atoms with Gasteiger partial charge in [0.2, 0.25) is 0 Å². The van der Waals surface area contributed by atoms with Gasteiger partial charge in [-0.15, -0.1) is 0 Å². The number of pyridine rings is 2. The zero-order chi connectivity index (χ0) is 19.7. The van der Waals surface area contributed by atoms with Crippen LogP contribution in [0.4, 0.5) is 13.2 Å². The number of hydrogen-bond acceptors (Lipinski definition) is 3. The number of fused-ring (bicyclic) bond motifs is 1. The Hall–Kier alpha value is -2.96. The minimum atomic E-state index is -4.29. The molecule has 0 radical (unpaired) electrons. The summed E-state index contributed by atoms with van der Waals surface area (Å²) in [6.07, 6.45) is -0.622. The quantitative estimate of drug-likeness (QED) is 0.642. The zero-order valence-electron chi connectivity index (χ0n) is 15.0. The first-order valence-electron chi connectivity index (χ1n) is 9.09. The molecule has 3 heterocycles. The molecule has 0 bridgehead atoms. The molecule has 7 heteroatoms. The fourth-order valence-electron chi connectivity index (χ4n) is 3.62. The molecule has 0 saturated carbocycles. The Morgan fingerprint density at radius 1 is 1.11 bits per heavy atom. The predicted molar refractivity (Wildman–Crippen MR) is 99.7 cm³/mol. The standard InChI is InChI=1S/C21H18F3N3O/c22-21(23,24)15-4-3-11-27(13-15)20(28)17-12-19(14-7-9-25-10-8-14)26-18-6-2-1-5-16(17)18/h1-2,5-10,12,15H,3-4,11,13H2/t15-/m1/s1. The van der Waals surface area contributed by atoms with Crippen molar-refractivity contribution in [2.45, 2.75) is 19.0 Å². The first-order chi connectivity index (χ1) is 13.4. The summed E-state index contributed by atoms with van der Waals surface area (Å²) in [6, 6.07) is 12.4. The molecule has 1 aliphatic rings. The minimum absolute atomic E-state index is 0.0621. The highest BCUT2D eigenvalue weighted by Gasteiger charge is 2.42. The van der Waals surface area contributed by atoms with Gasteiger partial charge in [-0.3, -0.25) is 9.78 Å². The number of piperidine rings is 1. The molecule has 1 aliphatic heterocycles. The number of rotatable bonds is 2. The summed E-state index contributed by atoms with van der Waals surface area (Å²) in [5.41, 5.74) is 2.39. The predicted octanol–water partition coefficient (Wildman–Crippen LogP) is 4.71. The van der Waals surface area contributed by atoms with Gasteiger partial charge in [-0.1, -0.05) is 18.2 Å². The summed E-state index contributed by atoms with van der Waals surface area (Å²) in [6.45, 7) is 0.0240. The van der Waals surface area contributed by atoms with E-state index in [0.717, 1.165) is 5.56 Å². The molecular formula is C21H18F3N3O. The highest BCUT2D eigenvalue weighted by molar-refractivity contribution is 6.07. The molecule has 1 aromatic carbocycles. The molecule has 3 aromatic rings. The van der Waals surface area contributed by atoms with E-state index >= 15 is 0 Å². The van der Waals surface area contributed by atoms with E-state index in [1.54, 1.807) is 48.8 Å². The Kier molecular flexibility index (Phi) is 4.75. The smallest absolute Gasteiger partial charge is 0.338 e. The van der Waals surface area contributed by atoms with Gasteiger partial charge < -0.3 is 4.90 Å². The average molecular weight is 385 g/mol. The summed E-state index contributed by atoms with van der Waals surface area (Å²) in [5, 5.41) is 0.638. The van der Waals surface area contributed by atoms with E-state index in [1.807, 2.05) is 6.07 Å². The molecule has 1 fully saturated rings. The van der Waals surface area contributed by atoms with Crippen LogP contribution in [0.5, 0.6) is 0 Å². The number of amides is 1. The Morgan fingerprint density at radius 3 is 2.61 bits per heavy atom. The fourth-order valence-corrected chi connectivity index (χ4v) is 3.62. The van der Waals surface area contributed by atoms with Gasteiger partial charge in [0.1, 0.15) is 0 Å². The van der Waals surface area contributed by atoms with E-state index in [0.29, 0.717) is 35.1 Å². The number of alkyl halides is 3. The Labute approximate surface area is 160 Å². The molecule has 4 rings (SSSR count). The van der Waals surface area contributed by atoms with Gasteiger partial charge in [-0.05, 0) is 37.1 Å². The van der Waals surface area contributed by atoms with Crippen LogP contribution in [-0.2, 0) is 0 Å².